The molecule has 2 aromatic rings. The summed E-state index contributed by atoms with van der Waals surface area (Å²) < 4.78 is 10.6. The molecule has 0 atom stereocenters. The van der Waals surface area contributed by atoms with Gasteiger partial charge in [0.1, 0.15) is 0 Å². The number of hydrogen-bond acceptors (Lipinski definition) is 7. The van der Waals surface area contributed by atoms with Crippen molar-refractivity contribution in [1.82, 2.24) is 9.88 Å². The minimum absolute atomic E-state index is 0.000854. The Morgan fingerprint density at radius 2 is 1.93 bits per heavy atom. The number of rotatable bonds is 9. The van der Waals surface area contributed by atoms with Crippen LogP contribution in [0.4, 0.5) is 5.13 Å². The van der Waals surface area contributed by atoms with Crippen LogP contribution in [-0.2, 0) is 4.79 Å². The summed E-state index contributed by atoms with van der Waals surface area (Å²) in [4.78, 5) is 19.3. The van der Waals surface area contributed by atoms with Gasteiger partial charge < -0.3 is 19.7 Å². The zero-order chi connectivity index (χ0) is 20.5. The first-order valence-corrected chi connectivity index (χ1v) is 12.0. The molecule has 2 heterocycles. The number of carbonyl (C=O) groups excluding carboxylic acids is 1. The molecule has 1 aromatic carbocycles. The Balaban J connectivity index is 1.45. The zero-order valence-corrected chi connectivity index (χ0v) is 18.7. The molecule has 0 unspecified atom stereocenters. The van der Waals surface area contributed by atoms with Crippen LogP contribution in [0.2, 0.25) is 0 Å². The lowest BCUT2D eigenvalue weighted by atomic mass is 10.1. The van der Waals surface area contributed by atoms with Crippen LogP contribution in [-0.4, -0.2) is 61.2 Å². The molecule has 1 saturated heterocycles. The number of methoxy groups -OCH3 is 2. The highest BCUT2D eigenvalue weighted by Gasteiger charge is 2.12. The van der Waals surface area contributed by atoms with Crippen molar-refractivity contribution in [3.63, 3.8) is 0 Å². The minimum Gasteiger partial charge on any atom is -0.493 e. The molecule has 1 aromatic heterocycles. The van der Waals surface area contributed by atoms with E-state index in [1.807, 2.05) is 23.6 Å². The van der Waals surface area contributed by atoms with E-state index >= 15 is 0 Å². The lowest BCUT2D eigenvalue weighted by Gasteiger charge is -2.18. The van der Waals surface area contributed by atoms with E-state index in [2.05, 4.69) is 15.2 Å². The second kappa shape index (κ2) is 11.4. The average molecular weight is 436 g/mol. The molecule has 0 bridgehead atoms. The highest BCUT2D eigenvalue weighted by atomic mass is 32.2. The standard InChI is InChI=1S/C21H29N3O3S2/c1-26-18-8-7-16(13-19(18)27-2)17-14-29-21(22-17)23-20(25)15-28-12-11-24-9-5-3-4-6-10-24/h7-8,13-14H,3-6,9-12,15H2,1-2H3,(H,22,23,25). The van der Waals surface area contributed by atoms with E-state index in [0.717, 1.165) is 23.6 Å². The zero-order valence-electron chi connectivity index (χ0n) is 17.1. The Morgan fingerprint density at radius 3 is 2.66 bits per heavy atom. The van der Waals surface area contributed by atoms with E-state index < -0.39 is 0 Å². The summed E-state index contributed by atoms with van der Waals surface area (Å²) in [7, 11) is 3.22. The summed E-state index contributed by atoms with van der Waals surface area (Å²) in [6.07, 6.45) is 5.31. The van der Waals surface area contributed by atoms with Gasteiger partial charge in [0.15, 0.2) is 16.6 Å². The fourth-order valence-electron chi connectivity index (χ4n) is 3.33. The topological polar surface area (TPSA) is 63.7 Å². The second-order valence-corrected chi connectivity index (χ2v) is 8.93. The van der Waals surface area contributed by atoms with E-state index in [1.54, 1.807) is 26.0 Å². The van der Waals surface area contributed by atoms with Gasteiger partial charge in [-0.2, -0.15) is 11.8 Å². The predicted molar refractivity (Wildman–Crippen MR) is 122 cm³/mol. The third-order valence-electron chi connectivity index (χ3n) is 4.91. The monoisotopic (exact) mass is 435 g/mol. The Kier molecular flexibility index (Phi) is 8.64. The first-order valence-electron chi connectivity index (χ1n) is 9.97. The van der Waals surface area contributed by atoms with Gasteiger partial charge in [-0.1, -0.05) is 12.8 Å². The number of thiazole rings is 1. The number of ether oxygens (including phenoxy) is 2. The fraction of sp³-hybridized carbons (Fsp3) is 0.524. The number of nitrogens with one attached hydrogen (secondary N) is 1. The van der Waals surface area contributed by atoms with Crippen LogP contribution in [0.15, 0.2) is 23.6 Å². The number of anilines is 1. The van der Waals surface area contributed by atoms with E-state index in [9.17, 15) is 4.79 Å². The van der Waals surface area contributed by atoms with E-state index in [0.29, 0.717) is 22.4 Å². The molecule has 29 heavy (non-hydrogen) atoms. The molecular formula is C21H29N3O3S2. The number of benzene rings is 1. The predicted octanol–water partition coefficient (Wildman–Crippen LogP) is 4.38. The molecular weight excluding hydrogens is 406 g/mol. The lowest BCUT2D eigenvalue weighted by Crippen LogP contribution is -2.27. The van der Waals surface area contributed by atoms with Gasteiger partial charge in [0, 0.05) is 23.2 Å². The summed E-state index contributed by atoms with van der Waals surface area (Å²) in [6.45, 7) is 3.47. The fourth-order valence-corrected chi connectivity index (χ4v) is 4.86. The Morgan fingerprint density at radius 1 is 1.17 bits per heavy atom. The van der Waals surface area contributed by atoms with Crippen molar-refractivity contribution in [3.8, 4) is 22.8 Å². The molecule has 1 fully saturated rings. The molecule has 0 saturated carbocycles. The summed E-state index contributed by atoms with van der Waals surface area (Å²) in [5, 5.41) is 5.46. The molecule has 8 heteroatoms. The van der Waals surface area contributed by atoms with Crippen molar-refractivity contribution < 1.29 is 14.3 Å². The summed E-state index contributed by atoms with van der Waals surface area (Å²) >= 11 is 3.11. The van der Waals surface area contributed by atoms with Crippen LogP contribution < -0.4 is 14.8 Å². The van der Waals surface area contributed by atoms with E-state index in [1.165, 1.54) is 50.1 Å². The second-order valence-electron chi connectivity index (χ2n) is 6.96. The smallest absolute Gasteiger partial charge is 0.236 e. The maximum atomic E-state index is 12.2. The van der Waals surface area contributed by atoms with Crippen molar-refractivity contribution in [1.29, 1.82) is 0 Å². The molecule has 158 valence electrons. The van der Waals surface area contributed by atoms with Gasteiger partial charge in [0.2, 0.25) is 5.91 Å². The summed E-state index contributed by atoms with van der Waals surface area (Å²) in [6, 6.07) is 5.67. The number of likely N-dealkylation sites (tertiary alicyclic amines) is 1. The van der Waals surface area contributed by atoms with Crippen LogP contribution in [0.5, 0.6) is 11.5 Å². The van der Waals surface area contributed by atoms with Crippen molar-refractivity contribution in [2.75, 3.05) is 50.7 Å². The normalized spacial score (nSPS) is 15.0. The summed E-state index contributed by atoms with van der Waals surface area (Å²) in [5.74, 6) is 2.78. The Bertz CT molecular complexity index is 789. The Labute approximate surface area is 181 Å². The third kappa shape index (κ3) is 6.62. The maximum Gasteiger partial charge on any atom is 0.236 e. The number of carbonyl (C=O) groups is 1. The molecule has 6 nitrogen and oxygen atoms in total. The van der Waals surface area contributed by atoms with Crippen molar-refractivity contribution in [3.05, 3.63) is 23.6 Å². The maximum absolute atomic E-state index is 12.2. The van der Waals surface area contributed by atoms with E-state index in [-0.39, 0.29) is 5.91 Å². The molecule has 0 spiro atoms. The molecule has 0 aliphatic carbocycles. The highest BCUT2D eigenvalue weighted by molar-refractivity contribution is 7.99. The highest BCUT2D eigenvalue weighted by Crippen LogP contribution is 2.33. The Hall–Kier alpha value is -1.77. The van der Waals surface area contributed by atoms with Gasteiger partial charge in [-0.05, 0) is 44.1 Å². The number of thioether (sulfide) groups is 1. The van der Waals surface area contributed by atoms with Crippen LogP contribution in [0, 0.1) is 0 Å². The van der Waals surface area contributed by atoms with Gasteiger partial charge in [0.05, 0.1) is 25.7 Å². The van der Waals surface area contributed by atoms with Gasteiger partial charge >= 0.3 is 0 Å². The number of hydrogen-bond donors (Lipinski definition) is 1. The summed E-state index contributed by atoms with van der Waals surface area (Å²) in [5.41, 5.74) is 1.73. The number of aromatic nitrogens is 1. The van der Waals surface area contributed by atoms with Gasteiger partial charge in [-0.25, -0.2) is 4.98 Å². The molecule has 1 aliphatic rings. The first kappa shape index (κ1) is 21.9. The SMILES string of the molecule is COc1ccc(-c2csc(NC(=O)CSCCN3CCCCCC3)n2)cc1OC. The van der Waals surface area contributed by atoms with Crippen LogP contribution >= 0.6 is 23.1 Å². The largest absolute Gasteiger partial charge is 0.493 e. The van der Waals surface area contributed by atoms with E-state index in [4.69, 9.17) is 9.47 Å². The van der Waals surface area contributed by atoms with Gasteiger partial charge in [-0.15, -0.1) is 11.3 Å². The minimum atomic E-state index is -0.000854. The molecule has 0 radical (unpaired) electrons. The van der Waals surface area contributed by atoms with Crippen LogP contribution in [0.1, 0.15) is 25.7 Å². The van der Waals surface area contributed by atoms with Crippen molar-refractivity contribution >= 4 is 34.1 Å². The number of amides is 1. The third-order valence-corrected chi connectivity index (χ3v) is 6.61. The molecule has 1 amide bonds. The quantitative estimate of drug-likeness (QED) is 0.590. The number of nitrogens with zero attached hydrogens (tertiary/aromatic N) is 2. The average Bonchev–Trinajstić information content (AvgIpc) is 3.04. The van der Waals surface area contributed by atoms with Crippen LogP contribution in [0.25, 0.3) is 11.3 Å². The lowest BCUT2D eigenvalue weighted by molar-refractivity contribution is -0.113. The first-order chi connectivity index (χ1) is 14.2. The van der Waals surface area contributed by atoms with Crippen LogP contribution in [0.3, 0.4) is 0 Å². The van der Waals surface area contributed by atoms with Crippen molar-refractivity contribution in [2.45, 2.75) is 25.7 Å². The van der Waals surface area contributed by atoms with Crippen molar-refractivity contribution in [2.24, 2.45) is 0 Å². The molecule has 1 N–H and O–H groups in total. The van der Waals surface area contributed by atoms with Gasteiger partial charge in [0.25, 0.3) is 0 Å². The molecule has 3 rings (SSSR count). The molecule has 1 aliphatic heterocycles. The van der Waals surface area contributed by atoms with Gasteiger partial charge in [-0.3, -0.25) is 4.79 Å².